The molecule has 0 aromatic carbocycles. The van der Waals surface area contributed by atoms with Crippen molar-refractivity contribution in [2.75, 3.05) is 0 Å². The van der Waals surface area contributed by atoms with Gasteiger partial charge in [0.2, 0.25) is 0 Å². The number of rotatable bonds is 1. The molecule has 0 radical (unpaired) electrons. The predicted molar refractivity (Wildman–Crippen MR) is 49.8 cm³/mol. The largest absolute Gasteiger partial charge is 0.180 e. The van der Waals surface area contributed by atoms with Gasteiger partial charge in [-0.25, -0.2) is 0 Å². The highest BCUT2D eigenvalue weighted by molar-refractivity contribution is 7.23. The van der Waals surface area contributed by atoms with Crippen LogP contribution in [0.2, 0.25) is 13.1 Å². The predicted octanol–water partition coefficient (Wildman–Crippen LogP) is 3.25. The summed E-state index contributed by atoms with van der Waals surface area (Å²) in [6, 6.07) is 0. The first-order valence-corrected chi connectivity index (χ1v) is 7.58. The summed E-state index contributed by atoms with van der Waals surface area (Å²) in [6.45, 7) is 6.51. The van der Waals surface area contributed by atoms with E-state index in [2.05, 4.69) is 32.2 Å². The van der Waals surface area contributed by atoms with Crippen LogP contribution in [-0.2, 0) is 0 Å². The highest BCUT2D eigenvalue weighted by Gasteiger charge is 2.24. The molecule has 0 atom stereocenters. The van der Waals surface area contributed by atoms with Gasteiger partial charge in [-0.2, -0.15) is 11.1 Å². The molecule has 0 aliphatic heterocycles. The third kappa shape index (κ3) is 1.53. The van der Waals surface area contributed by atoms with Crippen molar-refractivity contribution < 1.29 is 0 Å². The summed E-state index contributed by atoms with van der Waals surface area (Å²) < 4.78 is 0. The fourth-order valence-electron chi connectivity index (χ4n) is 1.31. The number of hydrogen-bond acceptors (Lipinski definition) is 0. The first-order valence-electron chi connectivity index (χ1n) is 3.57. The third-order valence-electron chi connectivity index (χ3n) is 1.81. The molecule has 0 aromatic heterocycles. The maximum Gasteiger partial charge on any atom is 0.180 e. The third-order valence-corrected chi connectivity index (χ3v) is 4.29. The van der Waals surface area contributed by atoms with E-state index in [0.717, 1.165) is 6.42 Å². The van der Waals surface area contributed by atoms with E-state index in [1.165, 1.54) is 10.8 Å². The monoisotopic (exact) mass is 172 g/mol. The van der Waals surface area contributed by atoms with Gasteiger partial charge in [-0.05, 0) is 18.5 Å². The normalized spacial score (nSPS) is 18.8. The lowest BCUT2D eigenvalue weighted by Crippen LogP contribution is -2.19. The minimum atomic E-state index is -1.52. The van der Waals surface area contributed by atoms with E-state index in [0.29, 0.717) is 0 Å². The Morgan fingerprint density at radius 2 is 2.10 bits per heavy atom. The Kier molecular flexibility index (Phi) is 2.06. The summed E-state index contributed by atoms with van der Waals surface area (Å²) >= 11 is 6.26. The molecule has 0 fully saturated rings. The van der Waals surface area contributed by atoms with Crippen LogP contribution in [0.1, 0.15) is 13.3 Å². The van der Waals surface area contributed by atoms with Gasteiger partial charge in [-0.1, -0.05) is 30.8 Å². The molecular weight excluding hydrogens is 160 g/mol. The van der Waals surface area contributed by atoms with Crippen LogP contribution in [0.4, 0.5) is 0 Å². The molecule has 0 heterocycles. The Labute approximate surface area is 68.3 Å². The molecule has 56 valence electrons. The van der Waals surface area contributed by atoms with E-state index < -0.39 is 7.38 Å². The highest BCUT2D eigenvalue weighted by Crippen LogP contribution is 2.29. The molecule has 0 saturated heterocycles. The molecular formula is C8H13ClSi. The second-order valence-corrected chi connectivity index (χ2v) is 9.59. The Hall–Kier alpha value is -0.0131. The Balaban J connectivity index is 2.91. The van der Waals surface area contributed by atoms with Crippen LogP contribution in [0, 0.1) is 0 Å². The molecule has 0 spiro atoms. The zero-order chi connectivity index (χ0) is 7.78. The first kappa shape index (κ1) is 8.09. The topological polar surface area (TPSA) is 0 Å². The SMILES string of the molecule is CC1=C([Si](C)(C)Cl)C=CC1. The van der Waals surface area contributed by atoms with Crippen LogP contribution in [0.25, 0.3) is 0 Å². The van der Waals surface area contributed by atoms with E-state index in [9.17, 15) is 0 Å². The summed E-state index contributed by atoms with van der Waals surface area (Å²) in [5.74, 6) is 0. The van der Waals surface area contributed by atoms with Crippen molar-refractivity contribution in [3.63, 3.8) is 0 Å². The van der Waals surface area contributed by atoms with Crippen molar-refractivity contribution in [3.8, 4) is 0 Å². The lowest BCUT2D eigenvalue weighted by Gasteiger charge is -2.14. The van der Waals surface area contributed by atoms with Gasteiger partial charge in [-0.15, -0.1) is 0 Å². The average Bonchev–Trinajstić information content (AvgIpc) is 2.11. The summed E-state index contributed by atoms with van der Waals surface area (Å²) in [5, 5.41) is 1.43. The van der Waals surface area contributed by atoms with Crippen LogP contribution < -0.4 is 0 Å². The summed E-state index contributed by atoms with van der Waals surface area (Å²) in [5.41, 5.74) is 1.46. The Morgan fingerprint density at radius 1 is 1.50 bits per heavy atom. The quantitative estimate of drug-likeness (QED) is 0.421. The number of halogens is 1. The minimum Gasteiger partial charge on any atom is -0.162 e. The van der Waals surface area contributed by atoms with E-state index >= 15 is 0 Å². The van der Waals surface area contributed by atoms with E-state index in [4.69, 9.17) is 11.1 Å². The van der Waals surface area contributed by atoms with E-state index in [-0.39, 0.29) is 0 Å². The molecule has 1 aliphatic rings. The highest BCUT2D eigenvalue weighted by atomic mass is 35.6. The molecule has 1 aliphatic carbocycles. The molecule has 2 heteroatoms. The number of allylic oxidation sites excluding steroid dienone is 4. The van der Waals surface area contributed by atoms with Crippen molar-refractivity contribution in [2.24, 2.45) is 0 Å². The smallest absolute Gasteiger partial charge is 0.162 e. The number of hydrogen-bond donors (Lipinski definition) is 0. The molecule has 0 amide bonds. The van der Waals surface area contributed by atoms with Gasteiger partial charge in [0, 0.05) is 0 Å². The van der Waals surface area contributed by atoms with E-state index in [1.54, 1.807) is 0 Å². The summed E-state index contributed by atoms with van der Waals surface area (Å²) in [6.07, 6.45) is 5.49. The van der Waals surface area contributed by atoms with Crippen molar-refractivity contribution in [1.82, 2.24) is 0 Å². The fraction of sp³-hybridized carbons (Fsp3) is 0.500. The lowest BCUT2D eigenvalue weighted by atomic mass is 10.3. The molecule has 1 rings (SSSR count). The lowest BCUT2D eigenvalue weighted by molar-refractivity contribution is 1.24. The second kappa shape index (κ2) is 2.55. The van der Waals surface area contributed by atoms with Crippen LogP contribution >= 0.6 is 11.1 Å². The standard InChI is InChI=1S/C8H13ClSi/c1-7-5-4-6-8(7)10(2,3)9/h4,6H,5H2,1-3H3. The molecule has 0 unspecified atom stereocenters. The zero-order valence-electron chi connectivity index (χ0n) is 6.74. The Bertz CT molecular complexity index is 196. The second-order valence-electron chi connectivity index (χ2n) is 3.27. The van der Waals surface area contributed by atoms with Crippen LogP contribution in [0.15, 0.2) is 22.9 Å². The fourth-order valence-corrected chi connectivity index (χ4v) is 3.62. The van der Waals surface area contributed by atoms with Crippen LogP contribution in [-0.4, -0.2) is 7.38 Å². The maximum atomic E-state index is 6.26. The van der Waals surface area contributed by atoms with Gasteiger partial charge >= 0.3 is 0 Å². The average molecular weight is 173 g/mol. The van der Waals surface area contributed by atoms with Crippen molar-refractivity contribution in [2.45, 2.75) is 26.4 Å². The van der Waals surface area contributed by atoms with Crippen LogP contribution in [0.5, 0.6) is 0 Å². The van der Waals surface area contributed by atoms with Gasteiger partial charge < -0.3 is 0 Å². The van der Waals surface area contributed by atoms with Crippen molar-refractivity contribution >= 4 is 18.5 Å². The molecule has 0 N–H and O–H groups in total. The van der Waals surface area contributed by atoms with Gasteiger partial charge in [0.05, 0.1) is 0 Å². The molecule has 0 bridgehead atoms. The minimum absolute atomic E-state index is 1.11. The first-order chi connectivity index (χ1) is 4.52. The molecule has 10 heavy (non-hydrogen) atoms. The maximum absolute atomic E-state index is 6.26. The van der Waals surface area contributed by atoms with Gasteiger partial charge in [0.1, 0.15) is 0 Å². The zero-order valence-corrected chi connectivity index (χ0v) is 8.50. The van der Waals surface area contributed by atoms with Crippen molar-refractivity contribution in [3.05, 3.63) is 22.9 Å². The van der Waals surface area contributed by atoms with Crippen LogP contribution in [0.3, 0.4) is 0 Å². The summed E-state index contributed by atoms with van der Waals surface area (Å²) in [7, 11) is -1.52. The molecule has 0 aromatic rings. The van der Waals surface area contributed by atoms with Gasteiger partial charge in [-0.3, -0.25) is 0 Å². The van der Waals surface area contributed by atoms with E-state index in [1.807, 2.05) is 0 Å². The summed E-state index contributed by atoms with van der Waals surface area (Å²) in [4.78, 5) is 0. The van der Waals surface area contributed by atoms with Gasteiger partial charge in [0.15, 0.2) is 7.38 Å². The van der Waals surface area contributed by atoms with Gasteiger partial charge in [0.25, 0.3) is 0 Å². The molecule has 0 nitrogen and oxygen atoms in total. The Morgan fingerprint density at radius 3 is 2.30 bits per heavy atom. The van der Waals surface area contributed by atoms with Crippen molar-refractivity contribution in [1.29, 1.82) is 0 Å². The molecule has 0 saturated carbocycles.